The van der Waals surface area contributed by atoms with Gasteiger partial charge in [-0.05, 0) is 80.4 Å². The zero-order chi connectivity index (χ0) is 23.2. The van der Waals surface area contributed by atoms with Gasteiger partial charge in [-0.3, -0.25) is 9.59 Å². The molecule has 6 heteroatoms. The molecule has 176 valence electrons. The van der Waals surface area contributed by atoms with Crippen LogP contribution in [0, 0.1) is 5.92 Å². The van der Waals surface area contributed by atoms with Crippen LogP contribution in [0.1, 0.15) is 41.2 Å². The Labute approximate surface area is 200 Å². The van der Waals surface area contributed by atoms with Gasteiger partial charge in [-0.1, -0.05) is 30.3 Å². The summed E-state index contributed by atoms with van der Waals surface area (Å²) in [4.78, 5) is 31.1. The van der Waals surface area contributed by atoms with E-state index in [0.29, 0.717) is 31.6 Å². The normalized spacial score (nSPS) is 23.0. The molecule has 3 aliphatic heterocycles. The minimum Gasteiger partial charge on any atom is -0.378 e. The molecule has 1 N–H and O–H groups in total. The fourth-order valence-electron chi connectivity index (χ4n) is 6.10. The number of nitrogens with zero attached hydrogens (tertiary/aromatic N) is 3. The maximum Gasteiger partial charge on any atom is 0.274 e. The van der Waals surface area contributed by atoms with Crippen molar-refractivity contribution in [1.82, 2.24) is 14.4 Å². The van der Waals surface area contributed by atoms with Crippen molar-refractivity contribution in [2.24, 2.45) is 5.92 Å². The number of nitrogens with one attached hydrogen (secondary N) is 1. The van der Waals surface area contributed by atoms with Gasteiger partial charge in [0.15, 0.2) is 0 Å². The second kappa shape index (κ2) is 8.58. The van der Waals surface area contributed by atoms with Crippen LogP contribution in [0.5, 0.6) is 0 Å². The second-order valence-corrected chi connectivity index (χ2v) is 10.4. The maximum absolute atomic E-state index is 13.4. The number of carbonyl (C=O) groups excluding carboxylic acids is 1. The third-order valence-corrected chi connectivity index (χ3v) is 7.97. The molecule has 0 aliphatic carbocycles. The van der Waals surface area contributed by atoms with Gasteiger partial charge in [0.05, 0.1) is 0 Å². The van der Waals surface area contributed by atoms with Crippen molar-refractivity contribution >= 4 is 22.4 Å². The number of piperidine rings is 2. The third-order valence-electron chi connectivity index (χ3n) is 7.97. The summed E-state index contributed by atoms with van der Waals surface area (Å²) in [7, 11) is 2.15. The Morgan fingerprint density at radius 1 is 0.941 bits per heavy atom. The molecule has 3 aromatic rings. The van der Waals surface area contributed by atoms with E-state index in [1.165, 1.54) is 0 Å². The molecule has 2 aromatic carbocycles. The number of pyridine rings is 1. The lowest BCUT2D eigenvalue weighted by molar-refractivity contribution is 0.0595. The highest BCUT2D eigenvalue weighted by Crippen LogP contribution is 2.36. The molecular formula is C28H32N4O2. The van der Waals surface area contributed by atoms with Crippen LogP contribution in [0.15, 0.2) is 59.4 Å². The molecule has 2 atom stereocenters. The Kier molecular flexibility index (Phi) is 5.41. The monoisotopic (exact) mass is 456 g/mol. The van der Waals surface area contributed by atoms with Crippen LogP contribution in [-0.2, 0) is 6.54 Å². The molecule has 2 saturated heterocycles. The topological polar surface area (TPSA) is 57.6 Å². The standard InChI is InChI=1S/C28H32N4O2/c1-30-12-10-24(11-13-30)29-25-8-9-26-23-14-19(17-32(26)28(25)34)16-31(18-23)27(33)22-7-6-20-4-2-3-5-21(20)15-22/h2-9,15,19,23-24,29H,10-14,16-18H2,1H3/t19-,23-/m1/s1. The van der Waals surface area contributed by atoms with Crippen LogP contribution >= 0.6 is 0 Å². The SMILES string of the molecule is CN1CCC(Nc2ccc3n(c2=O)C[C@@H]2C[C@@H]3CN(C(=O)c3ccc4ccccc4c3)C2)CC1. The minimum atomic E-state index is 0.0943. The summed E-state index contributed by atoms with van der Waals surface area (Å²) in [6, 6.07) is 18.6. The average Bonchev–Trinajstić information content (AvgIpc) is 2.86. The van der Waals surface area contributed by atoms with E-state index in [-0.39, 0.29) is 17.4 Å². The zero-order valence-electron chi connectivity index (χ0n) is 19.7. The van der Waals surface area contributed by atoms with Crippen LogP contribution in [0.3, 0.4) is 0 Å². The van der Waals surface area contributed by atoms with Crippen LogP contribution in [-0.4, -0.2) is 59.5 Å². The second-order valence-electron chi connectivity index (χ2n) is 10.4. The third kappa shape index (κ3) is 3.90. The van der Waals surface area contributed by atoms with Gasteiger partial charge in [-0.25, -0.2) is 0 Å². The molecule has 0 unspecified atom stereocenters. The maximum atomic E-state index is 13.4. The first-order valence-electron chi connectivity index (χ1n) is 12.5. The fraction of sp³-hybridized carbons (Fsp3) is 0.429. The van der Waals surface area contributed by atoms with Crippen molar-refractivity contribution in [3.05, 3.63) is 76.2 Å². The summed E-state index contributed by atoms with van der Waals surface area (Å²) in [6.45, 7) is 4.20. The number of likely N-dealkylation sites (tertiary alicyclic amines) is 2. The van der Waals surface area contributed by atoms with Gasteiger partial charge >= 0.3 is 0 Å². The minimum absolute atomic E-state index is 0.0943. The first-order valence-corrected chi connectivity index (χ1v) is 12.5. The van der Waals surface area contributed by atoms with E-state index in [4.69, 9.17) is 0 Å². The number of hydrogen-bond donors (Lipinski definition) is 1. The summed E-state index contributed by atoms with van der Waals surface area (Å²) in [5.74, 6) is 0.616. The largest absolute Gasteiger partial charge is 0.378 e. The van der Waals surface area contributed by atoms with Gasteiger partial charge in [0.1, 0.15) is 5.69 Å². The zero-order valence-corrected chi connectivity index (χ0v) is 19.7. The molecule has 2 bridgehead atoms. The molecule has 0 spiro atoms. The smallest absolute Gasteiger partial charge is 0.274 e. The summed E-state index contributed by atoms with van der Waals surface area (Å²) < 4.78 is 1.98. The Morgan fingerprint density at radius 2 is 1.74 bits per heavy atom. The Morgan fingerprint density at radius 3 is 2.56 bits per heavy atom. The first kappa shape index (κ1) is 21.4. The number of fused-ring (bicyclic) bond motifs is 5. The number of hydrogen-bond acceptors (Lipinski definition) is 4. The molecule has 0 radical (unpaired) electrons. The average molecular weight is 457 g/mol. The van der Waals surface area contributed by atoms with Gasteiger partial charge in [-0.2, -0.15) is 0 Å². The van der Waals surface area contributed by atoms with Crippen LogP contribution < -0.4 is 10.9 Å². The van der Waals surface area contributed by atoms with E-state index in [1.807, 2.05) is 45.9 Å². The number of aromatic nitrogens is 1. The molecular weight excluding hydrogens is 424 g/mol. The molecule has 3 aliphatic rings. The number of anilines is 1. The predicted octanol–water partition coefficient (Wildman–Crippen LogP) is 3.77. The molecule has 1 aromatic heterocycles. The van der Waals surface area contributed by atoms with E-state index in [9.17, 15) is 9.59 Å². The number of carbonyl (C=O) groups is 1. The summed E-state index contributed by atoms with van der Waals surface area (Å²) >= 11 is 0. The molecule has 6 rings (SSSR count). The van der Waals surface area contributed by atoms with E-state index < -0.39 is 0 Å². The quantitative estimate of drug-likeness (QED) is 0.652. The molecule has 1 amide bonds. The predicted molar refractivity (Wildman–Crippen MR) is 136 cm³/mol. The van der Waals surface area contributed by atoms with Crippen LogP contribution in [0.25, 0.3) is 10.8 Å². The number of amides is 1. The number of rotatable bonds is 3. The van der Waals surface area contributed by atoms with E-state index in [1.54, 1.807) is 0 Å². The Bertz CT molecular complexity index is 1290. The highest BCUT2D eigenvalue weighted by atomic mass is 16.2. The lowest BCUT2D eigenvalue weighted by atomic mass is 9.83. The molecule has 0 saturated carbocycles. The molecule has 34 heavy (non-hydrogen) atoms. The van der Waals surface area contributed by atoms with Crippen LogP contribution in [0.2, 0.25) is 0 Å². The first-order chi connectivity index (χ1) is 16.5. The summed E-state index contributed by atoms with van der Waals surface area (Å²) in [6.07, 6.45) is 3.17. The van der Waals surface area contributed by atoms with Crippen molar-refractivity contribution in [2.75, 3.05) is 38.5 Å². The van der Waals surface area contributed by atoms with E-state index in [0.717, 1.165) is 60.1 Å². The lowest BCUT2D eigenvalue weighted by Gasteiger charge is -2.43. The Balaban J connectivity index is 1.21. The van der Waals surface area contributed by atoms with Gasteiger partial charge in [0.2, 0.25) is 0 Å². The van der Waals surface area contributed by atoms with Crippen molar-refractivity contribution in [3.8, 4) is 0 Å². The van der Waals surface area contributed by atoms with E-state index in [2.05, 4.69) is 35.5 Å². The van der Waals surface area contributed by atoms with Crippen molar-refractivity contribution in [2.45, 2.75) is 37.8 Å². The highest BCUT2D eigenvalue weighted by molar-refractivity contribution is 5.98. The summed E-state index contributed by atoms with van der Waals surface area (Å²) in [5.41, 5.74) is 2.64. The van der Waals surface area contributed by atoms with Gasteiger partial charge in [-0.15, -0.1) is 0 Å². The van der Waals surface area contributed by atoms with E-state index >= 15 is 0 Å². The van der Waals surface area contributed by atoms with Crippen molar-refractivity contribution in [3.63, 3.8) is 0 Å². The Hall–Kier alpha value is -3.12. The molecule has 2 fully saturated rings. The molecule has 6 nitrogen and oxygen atoms in total. The van der Waals surface area contributed by atoms with Crippen LogP contribution in [0.4, 0.5) is 5.69 Å². The lowest BCUT2D eigenvalue weighted by Crippen LogP contribution is -2.49. The summed E-state index contributed by atoms with van der Waals surface area (Å²) in [5, 5.41) is 5.76. The van der Waals surface area contributed by atoms with Gasteiger partial charge in [0, 0.05) is 42.9 Å². The van der Waals surface area contributed by atoms with Crippen molar-refractivity contribution < 1.29 is 4.79 Å². The number of benzene rings is 2. The van der Waals surface area contributed by atoms with Crippen molar-refractivity contribution in [1.29, 1.82) is 0 Å². The highest BCUT2D eigenvalue weighted by Gasteiger charge is 2.37. The fourth-order valence-corrected chi connectivity index (χ4v) is 6.10. The molecule has 4 heterocycles. The van der Waals surface area contributed by atoms with Gasteiger partial charge in [0.25, 0.3) is 11.5 Å². The van der Waals surface area contributed by atoms with Gasteiger partial charge < -0.3 is 19.7 Å².